The second-order valence-corrected chi connectivity index (χ2v) is 10.7. The molecule has 1 aliphatic rings. The van der Waals surface area contributed by atoms with Gasteiger partial charge < -0.3 is 4.90 Å². The minimum atomic E-state index is -3.60. The molecule has 1 atom stereocenters. The maximum absolute atomic E-state index is 14.1. The predicted molar refractivity (Wildman–Crippen MR) is 131 cm³/mol. The van der Waals surface area contributed by atoms with Crippen LogP contribution in [0.25, 0.3) is 0 Å². The third-order valence-corrected chi connectivity index (χ3v) is 7.19. The van der Waals surface area contributed by atoms with Crippen molar-refractivity contribution in [3.8, 4) is 6.07 Å². The predicted octanol–water partition coefficient (Wildman–Crippen LogP) is 5.39. The van der Waals surface area contributed by atoms with Crippen LogP contribution in [0.1, 0.15) is 30.9 Å². The Bertz CT molecular complexity index is 1170. The summed E-state index contributed by atoms with van der Waals surface area (Å²) in [5.74, 6) is -0.796. The van der Waals surface area contributed by atoms with Crippen molar-refractivity contribution in [1.29, 1.82) is 5.26 Å². The van der Waals surface area contributed by atoms with E-state index in [1.807, 2.05) is 6.07 Å². The number of amides is 1. The number of nitriles is 1. The zero-order chi connectivity index (χ0) is 25.5. The molecule has 11 heteroatoms. The number of hydrogen-bond donors (Lipinski definition) is 0. The molecule has 1 saturated heterocycles. The van der Waals surface area contributed by atoms with E-state index in [-0.39, 0.29) is 29.5 Å². The van der Waals surface area contributed by atoms with Crippen molar-refractivity contribution in [2.24, 2.45) is 0 Å². The first-order chi connectivity index (χ1) is 15.9. The minimum Gasteiger partial charge on any atom is -0.341 e. The summed E-state index contributed by atoms with van der Waals surface area (Å²) >= 11 is 18.3. The highest BCUT2D eigenvalue weighted by molar-refractivity contribution is 7.85. The smallest absolute Gasteiger partial charge is 0.264 e. The van der Waals surface area contributed by atoms with E-state index in [0.29, 0.717) is 36.0 Å². The maximum Gasteiger partial charge on any atom is 0.264 e. The quantitative estimate of drug-likeness (QED) is 0.432. The van der Waals surface area contributed by atoms with Crippen LogP contribution in [-0.2, 0) is 30.9 Å². The van der Waals surface area contributed by atoms with E-state index in [0.717, 1.165) is 11.8 Å². The van der Waals surface area contributed by atoms with Gasteiger partial charge in [-0.05, 0) is 42.7 Å². The standard InChI is InChI=1S/C21H21Cl3FNO4S.C2H3N/c1-31(28,29)30-10-8-21(14-5-6-17(23)18(24)11-14)7-9-26(13-21)20(27)12-15-16(22)3-2-4-19(15)25;1-2-3/h2-6,11H,7-10,12-13H2,1H3;1H3/t21-;/m0./s1. The van der Waals surface area contributed by atoms with Gasteiger partial charge in [-0.15, -0.1) is 0 Å². The zero-order valence-corrected chi connectivity index (χ0v) is 21.7. The molecule has 0 unspecified atom stereocenters. The van der Waals surface area contributed by atoms with Crippen LogP contribution >= 0.6 is 34.8 Å². The molecule has 1 aliphatic heterocycles. The minimum absolute atomic E-state index is 0.0414. The highest BCUT2D eigenvalue weighted by Gasteiger charge is 2.41. The van der Waals surface area contributed by atoms with Gasteiger partial charge in [0.15, 0.2) is 0 Å². The monoisotopic (exact) mass is 548 g/mol. The number of rotatable bonds is 7. The summed E-state index contributed by atoms with van der Waals surface area (Å²) in [5, 5.41) is 8.28. The molecule has 0 aromatic heterocycles. The summed E-state index contributed by atoms with van der Waals surface area (Å²) in [4.78, 5) is 14.5. The van der Waals surface area contributed by atoms with Crippen molar-refractivity contribution >= 4 is 50.8 Å². The van der Waals surface area contributed by atoms with Gasteiger partial charge in [0, 0.05) is 36.0 Å². The fourth-order valence-electron chi connectivity index (χ4n) is 3.85. The van der Waals surface area contributed by atoms with Gasteiger partial charge in [0.2, 0.25) is 5.91 Å². The van der Waals surface area contributed by atoms with Gasteiger partial charge in [-0.1, -0.05) is 46.9 Å². The first kappa shape index (κ1) is 28.3. The van der Waals surface area contributed by atoms with Crippen LogP contribution in [0.3, 0.4) is 0 Å². The lowest BCUT2D eigenvalue weighted by molar-refractivity contribution is -0.129. The molecule has 0 saturated carbocycles. The normalized spacial score (nSPS) is 17.6. The van der Waals surface area contributed by atoms with Crippen LogP contribution in [0.2, 0.25) is 15.1 Å². The Labute approximate surface area is 214 Å². The summed E-state index contributed by atoms with van der Waals surface area (Å²) in [7, 11) is -3.60. The maximum atomic E-state index is 14.1. The molecule has 0 radical (unpaired) electrons. The molecule has 1 amide bonds. The molecule has 6 nitrogen and oxygen atoms in total. The number of benzene rings is 2. The Morgan fingerprint density at radius 1 is 1.21 bits per heavy atom. The Kier molecular flexibility index (Phi) is 10.2. The Hall–Kier alpha value is -1.89. The van der Waals surface area contributed by atoms with Gasteiger partial charge >= 0.3 is 0 Å². The molecular weight excluding hydrogens is 526 g/mol. The van der Waals surface area contributed by atoms with Crippen LogP contribution in [-0.4, -0.2) is 45.2 Å². The summed E-state index contributed by atoms with van der Waals surface area (Å²) in [6.07, 6.45) is 1.74. The van der Waals surface area contributed by atoms with E-state index < -0.39 is 21.4 Å². The van der Waals surface area contributed by atoms with Crippen LogP contribution in [0.4, 0.5) is 4.39 Å². The first-order valence-corrected chi connectivity index (χ1v) is 13.2. The number of carbonyl (C=O) groups excluding carboxylic acids is 1. The number of hydrogen-bond acceptors (Lipinski definition) is 5. The highest BCUT2D eigenvalue weighted by Crippen LogP contribution is 2.40. The number of halogens is 4. The molecule has 0 spiro atoms. The molecule has 0 N–H and O–H groups in total. The molecule has 0 aliphatic carbocycles. The average molecular weight is 550 g/mol. The second kappa shape index (κ2) is 12.2. The zero-order valence-electron chi connectivity index (χ0n) is 18.7. The van der Waals surface area contributed by atoms with Gasteiger partial charge in [-0.3, -0.25) is 8.98 Å². The van der Waals surface area contributed by atoms with Gasteiger partial charge in [0.05, 0.1) is 35.4 Å². The summed E-state index contributed by atoms with van der Waals surface area (Å²) < 4.78 is 41.9. The molecule has 34 heavy (non-hydrogen) atoms. The molecule has 1 fully saturated rings. The van der Waals surface area contributed by atoms with Gasteiger partial charge in [0.25, 0.3) is 10.1 Å². The SMILES string of the molecule is CC#N.CS(=O)(=O)OCC[C@@]1(c2ccc(Cl)c(Cl)c2)CCN(C(=O)Cc2c(F)cccc2Cl)C1. The largest absolute Gasteiger partial charge is 0.341 e. The Morgan fingerprint density at radius 2 is 1.88 bits per heavy atom. The number of likely N-dealkylation sites (tertiary alicyclic amines) is 1. The number of nitrogens with zero attached hydrogens (tertiary/aromatic N) is 2. The van der Waals surface area contributed by atoms with Gasteiger partial charge in [-0.25, -0.2) is 4.39 Å². The van der Waals surface area contributed by atoms with Crippen LogP contribution in [0.5, 0.6) is 0 Å². The highest BCUT2D eigenvalue weighted by atomic mass is 35.5. The second-order valence-electron chi connectivity index (χ2n) is 7.85. The van der Waals surface area contributed by atoms with Crippen molar-refractivity contribution in [3.05, 3.63) is 68.4 Å². The average Bonchev–Trinajstić information content (AvgIpc) is 3.18. The van der Waals surface area contributed by atoms with E-state index in [1.54, 1.807) is 29.2 Å². The van der Waals surface area contributed by atoms with Gasteiger partial charge in [0.1, 0.15) is 5.82 Å². The first-order valence-electron chi connectivity index (χ1n) is 10.2. The van der Waals surface area contributed by atoms with E-state index in [4.69, 9.17) is 44.2 Å². The van der Waals surface area contributed by atoms with Crippen molar-refractivity contribution in [1.82, 2.24) is 4.90 Å². The van der Waals surface area contributed by atoms with E-state index in [1.165, 1.54) is 19.1 Å². The molecular formula is C23H24Cl3FN2O4S. The van der Waals surface area contributed by atoms with Crippen molar-refractivity contribution in [2.75, 3.05) is 26.0 Å². The summed E-state index contributed by atoms with van der Waals surface area (Å²) in [6, 6.07) is 11.3. The van der Waals surface area contributed by atoms with Crippen LogP contribution in [0.15, 0.2) is 36.4 Å². The topological polar surface area (TPSA) is 87.5 Å². The lowest BCUT2D eigenvalue weighted by Crippen LogP contribution is -2.36. The van der Waals surface area contributed by atoms with Gasteiger partial charge in [-0.2, -0.15) is 13.7 Å². The molecule has 2 aromatic rings. The number of carbonyl (C=O) groups is 1. The van der Waals surface area contributed by atoms with Crippen molar-refractivity contribution in [3.63, 3.8) is 0 Å². The Morgan fingerprint density at radius 3 is 2.47 bits per heavy atom. The van der Waals surface area contributed by atoms with Crippen LogP contribution in [0, 0.1) is 17.1 Å². The fourth-order valence-corrected chi connectivity index (χ4v) is 4.76. The molecule has 3 rings (SSSR count). The van der Waals surface area contributed by atoms with Crippen LogP contribution < -0.4 is 0 Å². The third-order valence-electron chi connectivity index (χ3n) is 5.51. The molecule has 1 heterocycles. The fraction of sp³-hybridized carbons (Fsp3) is 0.391. The van der Waals surface area contributed by atoms with E-state index >= 15 is 0 Å². The molecule has 184 valence electrons. The third kappa shape index (κ3) is 7.56. The molecule has 2 aromatic carbocycles. The Balaban J connectivity index is 0.00000129. The van der Waals surface area contributed by atoms with E-state index in [9.17, 15) is 17.6 Å². The molecule has 0 bridgehead atoms. The van der Waals surface area contributed by atoms with Crippen molar-refractivity contribution < 1.29 is 21.8 Å². The summed E-state index contributed by atoms with van der Waals surface area (Å²) in [6.45, 7) is 2.12. The lowest BCUT2D eigenvalue weighted by atomic mass is 9.77. The lowest BCUT2D eigenvalue weighted by Gasteiger charge is -2.30. The summed E-state index contributed by atoms with van der Waals surface area (Å²) in [5.41, 5.74) is 0.410. The van der Waals surface area contributed by atoms with E-state index in [2.05, 4.69) is 0 Å². The van der Waals surface area contributed by atoms with Crippen molar-refractivity contribution in [2.45, 2.75) is 31.6 Å².